The molecule has 1 atom stereocenters. The van der Waals surface area contributed by atoms with Crippen LogP contribution in [0.3, 0.4) is 0 Å². The van der Waals surface area contributed by atoms with E-state index in [0.717, 1.165) is 0 Å². The van der Waals surface area contributed by atoms with Gasteiger partial charge in [-0.1, -0.05) is 29.8 Å². The van der Waals surface area contributed by atoms with Crippen molar-refractivity contribution in [2.24, 2.45) is 0 Å². The molecule has 1 aliphatic rings. The first kappa shape index (κ1) is 19.8. The van der Waals surface area contributed by atoms with E-state index in [1.807, 2.05) is 0 Å². The van der Waals surface area contributed by atoms with Crippen LogP contribution in [0, 0.1) is 0 Å². The lowest BCUT2D eigenvalue weighted by Gasteiger charge is -2.25. The first-order valence-corrected chi connectivity index (χ1v) is 9.58. The molecule has 30 heavy (non-hydrogen) atoms. The Bertz CT molecular complexity index is 1120. The summed E-state index contributed by atoms with van der Waals surface area (Å²) in [5.41, 5.74) is 0.954. The number of para-hydroxylation sites is 1. The van der Waals surface area contributed by atoms with E-state index in [1.54, 1.807) is 60.7 Å². The second-order valence-electron chi connectivity index (χ2n) is 6.76. The largest absolute Gasteiger partial charge is 0.507 e. The number of ether oxygens (including phenoxy) is 1. The van der Waals surface area contributed by atoms with Crippen LogP contribution >= 0.6 is 11.6 Å². The Kier molecular flexibility index (Phi) is 5.33. The van der Waals surface area contributed by atoms with Crippen molar-refractivity contribution < 1.29 is 23.8 Å². The second kappa shape index (κ2) is 8.08. The topological polar surface area (TPSA) is 80.0 Å². The van der Waals surface area contributed by atoms with Gasteiger partial charge in [0.25, 0.3) is 11.7 Å². The number of aliphatic hydroxyl groups is 1. The molecule has 152 valence electrons. The average Bonchev–Trinajstić information content (AvgIpc) is 3.36. The molecule has 1 aliphatic heterocycles. The first-order valence-electron chi connectivity index (χ1n) is 9.21. The van der Waals surface area contributed by atoms with Crippen LogP contribution in [-0.4, -0.2) is 28.8 Å². The van der Waals surface area contributed by atoms with Crippen molar-refractivity contribution in [2.75, 3.05) is 7.11 Å². The van der Waals surface area contributed by atoms with E-state index in [-0.39, 0.29) is 17.9 Å². The number of aliphatic hydroxyl groups excluding tert-OH is 1. The minimum absolute atomic E-state index is 0.0154. The summed E-state index contributed by atoms with van der Waals surface area (Å²) in [6.07, 6.45) is 1.50. The van der Waals surface area contributed by atoms with Crippen LogP contribution in [0.25, 0.3) is 5.76 Å². The predicted octanol–water partition coefficient (Wildman–Crippen LogP) is 4.56. The van der Waals surface area contributed by atoms with Gasteiger partial charge < -0.3 is 19.2 Å². The number of rotatable bonds is 5. The molecule has 0 aliphatic carbocycles. The predicted molar refractivity (Wildman–Crippen MR) is 111 cm³/mol. The summed E-state index contributed by atoms with van der Waals surface area (Å²) in [6.45, 7) is 0.0671. The summed E-state index contributed by atoms with van der Waals surface area (Å²) in [5, 5.41) is 11.5. The van der Waals surface area contributed by atoms with Gasteiger partial charge in [-0.05, 0) is 42.5 Å². The number of carbonyl (C=O) groups excluding carboxylic acids is 2. The van der Waals surface area contributed by atoms with Crippen molar-refractivity contribution in [1.29, 1.82) is 0 Å². The van der Waals surface area contributed by atoms with Crippen LogP contribution in [-0.2, 0) is 16.1 Å². The highest BCUT2D eigenvalue weighted by atomic mass is 35.5. The Morgan fingerprint density at radius 3 is 2.50 bits per heavy atom. The van der Waals surface area contributed by atoms with Crippen LogP contribution in [0.4, 0.5) is 0 Å². The molecule has 7 heteroatoms. The number of hydrogen-bond donors (Lipinski definition) is 1. The first-order chi connectivity index (χ1) is 14.5. The number of amides is 1. The Labute approximate surface area is 177 Å². The lowest BCUT2D eigenvalue weighted by atomic mass is 9.94. The fourth-order valence-corrected chi connectivity index (χ4v) is 3.72. The van der Waals surface area contributed by atoms with Crippen molar-refractivity contribution in [3.63, 3.8) is 0 Å². The highest BCUT2D eigenvalue weighted by Gasteiger charge is 2.47. The molecule has 0 saturated carbocycles. The van der Waals surface area contributed by atoms with Gasteiger partial charge in [-0.25, -0.2) is 0 Å². The summed E-state index contributed by atoms with van der Waals surface area (Å²) in [6, 6.07) is 16.1. The number of hydrogen-bond acceptors (Lipinski definition) is 5. The SMILES string of the molecule is COc1ccccc1[C@H]1/C(=C(\O)c2ccc(Cl)cc2)C(=O)C(=O)N1Cc1ccco1. The minimum Gasteiger partial charge on any atom is -0.507 e. The maximum absolute atomic E-state index is 13.0. The van der Waals surface area contributed by atoms with Gasteiger partial charge >= 0.3 is 0 Å². The van der Waals surface area contributed by atoms with Gasteiger partial charge in [0.1, 0.15) is 17.3 Å². The fourth-order valence-electron chi connectivity index (χ4n) is 3.59. The van der Waals surface area contributed by atoms with Gasteiger partial charge in [-0.15, -0.1) is 0 Å². The molecule has 6 nitrogen and oxygen atoms in total. The average molecular weight is 424 g/mol. The highest BCUT2D eigenvalue weighted by Crippen LogP contribution is 2.43. The molecule has 1 N–H and O–H groups in total. The third-order valence-corrected chi connectivity index (χ3v) is 5.25. The highest BCUT2D eigenvalue weighted by molar-refractivity contribution is 6.46. The quantitative estimate of drug-likeness (QED) is 0.369. The fraction of sp³-hybridized carbons (Fsp3) is 0.130. The number of carbonyl (C=O) groups is 2. The molecule has 1 amide bonds. The van der Waals surface area contributed by atoms with Crippen LogP contribution in [0.5, 0.6) is 5.75 Å². The summed E-state index contributed by atoms with van der Waals surface area (Å²) in [4.78, 5) is 27.3. The molecule has 2 aromatic carbocycles. The Balaban J connectivity index is 1.90. The summed E-state index contributed by atoms with van der Waals surface area (Å²) >= 11 is 5.94. The third kappa shape index (κ3) is 3.46. The molecule has 4 rings (SSSR count). The van der Waals surface area contributed by atoms with Crippen molar-refractivity contribution in [3.8, 4) is 5.75 Å². The molecule has 3 aromatic rings. The number of furan rings is 1. The van der Waals surface area contributed by atoms with Crippen molar-refractivity contribution in [3.05, 3.63) is 94.4 Å². The Morgan fingerprint density at radius 2 is 1.83 bits per heavy atom. The molecular weight excluding hydrogens is 406 g/mol. The number of methoxy groups -OCH3 is 1. The summed E-state index contributed by atoms with van der Waals surface area (Å²) in [7, 11) is 1.51. The van der Waals surface area contributed by atoms with Crippen LogP contribution in [0.15, 0.2) is 76.9 Å². The number of Topliss-reactive ketones (excluding diaryl/α,β-unsaturated/α-hetero) is 1. The van der Waals surface area contributed by atoms with E-state index in [0.29, 0.717) is 27.7 Å². The summed E-state index contributed by atoms with van der Waals surface area (Å²) in [5.74, 6) is -0.760. The van der Waals surface area contributed by atoms with E-state index in [2.05, 4.69) is 0 Å². The number of nitrogens with zero attached hydrogens (tertiary/aromatic N) is 1. The van der Waals surface area contributed by atoms with Gasteiger partial charge in [0.15, 0.2) is 0 Å². The molecule has 0 radical (unpaired) electrons. The molecular formula is C23H18ClNO5. The standard InChI is InChI=1S/C23H18ClNO5/c1-29-18-7-3-2-6-17(18)20-19(21(26)14-8-10-15(24)11-9-14)22(27)23(28)25(20)13-16-5-4-12-30-16/h2-12,20,26H,13H2,1H3/b21-19+/t20-/m0/s1. The zero-order valence-corrected chi connectivity index (χ0v) is 16.8. The maximum atomic E-state index is 13.0. The van der Waals surface area contributed by atoms with Crippen molar-refractivity contribution in [2.45, 2.75) is 12.6 Å². The lowest BCUT2D eigenvalue weighted by Crippen LogP contribution is -2.29. The lowest BCUT2D eigenvalue weighted by molar-refractivity contribution is -0.140. The van der Waals surface area contributed by atoms with Gasteiger partial charge in [-0.2, -0.15) is 0 Å². The normalized spacial score (nSPS) is 18.1. The van der Waals surface area contributed by atoms with Crippen LogP contribution in [0.1, 0.15) is 22.9 Å². The van der Waals surface area contributed by atoms with Crippen LogP contribution < -0.4 is 4.74 Å². The van der Waals surface area contributed by atoms with E-state index < -0.39 is 17.7 Å². The van der Waals surface area contributed by atoms with Gasteiger partial charge in [0.2, 0.25) is 0 Å². The van der Waals surface area contributed by atoms with Crippen LogP contribution in [0.2, 0.25) is 5.02 Å². The summed E-state index contributed by atoms with van der Waals surface area (Å²) < 4.78 is 10.9. The van der Waals surface area contributed by atoms with Gasteiger partial charge in [-0.3, -0.25) is 9.59 Å². The zero-order valence-electron chi connectivity index (χ0n) is 16.0. The number of benzene rings is 2. The molecule has 1 aromatic heterocycles. The monoisotopic (exact) mass is 423 g/mol. The number of halogens is 1. The molecule has 0 bridgehead atoms. The van der Waals surface area contributed by atoms with E-state index in [9.17, 15) is 14.7 Å². The van der Waals surface area contributed by atoms with E-state index in [1.165, 1.54) is 18.3 Å². The van der Waals surface area contributed by atoms with Crippen molar-refractivity contribution >= 4 is 29.1 Å². The Morgan fingerprint density at radius 1 is 1.10 bits per heavy atom. The zero-order chi connectivity index (χ0) is 21.3. The Hall–Kier alpha value is -3.51. The second-order valence-corrected chi connectivity index (χ2v) is 7.19. The van der Waals surface area contributed by atoms with Gasteiger partial charge in [0.05, 0.1) is 31.5 Å². The number of ketones is 1. The smallest absolute Gasteiger partial charge is 0.296 e. The third-order valence-electron chi connectivity index (χ3n) is 5.00. The van der Waals surface area contributed by atoms with E-state index >= 15 is 0 Å². The van der Waals surface area contributed by atoms with Crippen molar-refractivity contribution in [1.82, 2.24) is 4.90 Å². The molecule has 1 saturated heterocycles. The van der Waals surface area contributed by atoms with Gasteiger partial charge in [0, 0.05) is 16.1 Å². The molecule has 1 fully saturated rings. The number of likely N-dealkylation sites (tertiary alicyclic amines) is 1. The maximum Gasteiger partial charge on any atom is 0.296 e. The molecule has 2 heterocycles. The minimum atomic E-state index is -0.845. The molecule has 0 unspecified atom stereocenters. The van der Waals surface area contributed by atoms with E-state index in [4.69, 9.17) is 20.8 Å². The molecule has 0 spiro atoms.